The molecule has 1 aliphatic heterocycles. The van der Waals surface area contributed by atoms with Crippen molar-refractivity contribution in [1.29, 1.82) is 5.41 Å². The fourth-order valence-electron chi connectivity index (χ4n) is 2.75. The Hall–Kier alpha value is -3.22. The van der Waals surface area contributed by atoms with Crippen LogP contribution in [0.15, 0.2) is 35.5 Å². The Labute approximate surface area is 145 Å². The number of nitrogens with one attached hydrogen (secondary N) is 1. The van der Waals surface area contributed by atoms with E-state index < -0.39 is 0 Å². The smallest absolute Gasteiger partial charge is 0.261 e. The molecule has 3 rings (SSSR count). The average Bonchev–Trinajstić information content (AvgIpc) is 2.97. The zero-order valence-electron chi connectivity index (χ0n) is 14.2. The molecule has 0 spiro atoms. The molecular formula is C18H18N4O3. The summed E-state index contributed by atoms with van der Waals surface area (Å²) in [7, 11) is 3.09. The van der Waals surface area contributed by atoms with Gasteiger partial charge in [0.05, 0.1) is 20.8 Å². The summed E-state index contributed by atoms with van der Waals surface area (Å²) >= 11 is 0. The number of benzene rings is 1. The average molecular weight is 338 g/mol. The molecule has 7 nitrogen and oxygen atoms in total. The fourth-order valence-corrected chi connectivity index (χ4v) is 2.75. The maximum Gasteiger partial charge on any atom is 0.261 e. The van der Waals surface area contributed by atoms with Crippen molar-refractivity contribution in [2.24, 2.45) is 4.99 Å². The molecule has 0 saturated carbocycles. The highest BCUT2D eigenvalue weighted by Gasteiger charge is 2.30. The minimum absolute atomic E-state index is 0.0574. The van der Waals surface area contributed by atoms with Gasteiger partial charge in [-0.3, -0.25) is 15.1 Å². The van der Waals surface area contributed by atoms with Crippen LogP contribution in [0, 0.1) is 5.41 Å². The Morgan fingerprint density at radius 1 is 1.28 bits per heavy atom. The lowest BCUT2D eigenvalue weighted by Gasteiger charge is -2.11. The molecule has 128 valence electrons. The number of amides is 1. The van der Waals surface area contributed by atoms with Crippen molar-refractivity contribution < 1.29 is 14.3 Å². The van der Waals surface area contributed by atoms with Crippen LogP contribution in [0.1, 0.15) is 22.8 Å². The van der Waals surface area contributed by atoms with Gasteiger partial charge in [0.2, 0.25) is 5.96 Å². The van der Waals surface area contributed by atoms with Gasteiger partial charge in [0.15, 0.2) is 5.75 Å². The first kappa shape index (κ1) is 16.6. The first-order chi connectivity index (χ1) is 12.1. The summed E-state index contributed by atoms with van der Waals surface area (Å²) in [5, 5.41) is 7.87. The fraction of sp³-hybridized carbons (Fsp3) is 0.222. The molecule has 2 aromatic rings. The van der Waals surface area contributed by atoms with Crippen molar-refractivity contribution in [1.82, 2.24) is 9.88 Å². The van der Waals surface area contributed by atoms with Crippen LogP contribution >= 0.6 is 0 Å². The number of methoxy groups -OCH3 is 2. The number of hydrogen-bond donors (Lipinski definition) is 1. The molecule has 25 heavy (non-hydrogen) atoms. The number of fused-ring (bicyclic) bond motifs is 1. The van der Waals surface area contributed by atoms with E-state index in [-0.39, 0.29) is 11.9 Å². The molecule has 1 aromatic carbocycles. The molecule has 0 bridgehead atoms. The van der Waals surface area contributed by atoms with Crippen molar-refractivity contribution >= 4 is 18.1 Å². The number of ether oxygens (including phenoxy) is 2. The Morgan fingerprint density at radius 2 is 2.08 bits per heavy atom. The van der Waals surface area contributed by atoms with E-state index in [0.717, 1.165) is 16.7 Å². The second kappa shape index (κ2) is 6.72. The van der Waals surface area contributed by atoms with Gasteiger partial charge < -0.3 is 9.47 Å². The van der Waals surface area contributed by atoms with Gasteiger partial charge in [-0.25, -0.2) is 9.98 Å². The second-order valence-corrected chi connectivity index (χ2v) is 5.41. The van der Waals surface area contributed by atoms with E-state index in [9.17, 15) is 4.79 Å². The number of aliphatic imine (C=N–C) groups is 1. The molecule has 1 aliphatic rings. The normalized spacial score (nSPS) is 13.2. The quantitative estimate of drug-likeness (QED) is 0.688. The largest absolute Gasteiger partial charge is 0.491 e. The van der Waals surface area contributed by atoms with Crippen LogP contribution in [0.3, 0.4) is 0 Å². The highest BCUT2D eigenvalue weighted by Crippen LogP contribution is 2.32. The molecule has 7 heteroatoms. The summed E-state index contributed by atoms with van der Waals surface area (Å²) < 4.78 is 10.4. The summed E-state index contributed by atoms with van der Waals surface area (Å²) in [6.45, 7) is 2.04. The Balaban J connectivity index is 1.95. The molecule has 2 heterocycles. The zero-order valence-corrected chi connectivity index (χ0v) is 14.2. The van der Waals surface area contributed by atoms with E-state index in [1.165, 1.54) is 18.2 Å². The predicted octanol–water partition coefficient (Wildman–Crippen LogP) is 2.75. The highest BCUT2D eigenvalue weighted by molar-refractivity contribution is 6.09. The van der Waals surface area contributed by atoms with Crippen molar-refractivity contribution in [3.63, 3.8) is 0 Å². The standard InChI is InChI=1S/C18H18N4O3/c1-4-20-18(19)22-10-13-7-11(5-6-14(13)17(22)23)12-8-15(24-2)16(25-3)21-9-12/h4-9,19H,10H2,1-3H3/b19-18?,20-4-. The third kappa shape index (κ3) is 2.96. The third-order valence-corrected chi connectivity index (χ3v) is 3.98. The van der Waals surface area contributed by atoms with Crippen molar-refractivity contribution in [2.75, 3.05) is 14.2 Å². The molecule has 0 radical (unpaired) electrons. The van der Waals surface area contributed by atoms with E-state index in [2.05, 4.69) is 9.98 Å². The number of nitrogens with zero attached hydrogens (tertiary/aromatic N) is 3. The summed E-state index contributed by atoms with van der Waals surface area (Å²) in [4.78, 5) is 21.9. The SMILES string of the molecule is C/C=N\C(=N)N1Cc2cc(-c3cnc(OC)c(OC)c3)ccc2C1=O. The summed E-state index contributed by atoms with van der Waals surface area (Å²) in [6, 6.07) is 7.40. The predicted molar refractivity (Wildman–Crippen MR) is 94.5 cm³/mol. The Bertz CT molecular complexity index is 877. The van der Waals surface area contributed by atoms with Crippen molar-refractivity contribution in [3.05, 3.63) is 41.6 Å². The molecule has 0 aliphatic carbocycles. The number of rotatable bonds is 3. The van der Waals surface area contributed by atoms with Crippen LogP contribution in [-0.2, 0) is 6.54 Å². The van der Waals surface area contributed by atoms with E-state index >= 15 is 0 Å². The van der Waals surface area contributed by atoms with Gasteiger partial charge in [-0.05, 0) is 36.2 Å². The lowest BCUT2D eigenvalue weighted by molar-refractivity contribution is 0.0864. The maximum absolute atomic E-state index is 12.4. The Morgan fingerprint density at radius 3 is 2.76 bits per heavy atom. The zero-order chi connectivity index (χ0) is 18.0. The molecule has 1 N–H and O–H groups in total. The molecule has 1 aromatic heterocycles. The van der Waals surface area contributed by atoms with Gasteiger partial charge in [0.25, 0.3) is 11.8 Å². The number of carbonyl (C=O) groups is 1. The monoisotopic (exact) mass is 338 g/mol. The van der Waals surface area contributed by atoms with Gasteiger partial charge in [-0.15, -0.1) is 0 Å². The van der Waals surface area contributed by atoms with Gasteiger partial charge in [0.1, 0.15) is 0 Å². The van der Waals surface area contributed by atoms with Crippen LogP contribution in [0.25, 0.3) is 11.1 Å². The molecule has 1 amide bonds. The molecule has 0 fully saturated rings. The van der Waals surface area contributed by atoms with Gasteiger partial charge in [-0.1, -0.05) is 6.07 Å². The molecule has 0 unspecified atom stereocenters. The second-order valence-electron chi connectivity index (χ2n) is 5.41. The molecular weight excluding hydrogens is 320 g/mol. The van der Waals surface area contributed by atoms with Gasteiger partial charge in [-0.2, -0.15) is 0 Å². The molecule has 0 saturated heterocycles. The maximum atomic E-state index is 12.4. The van der Waals surface area contributed by atoms with Crippen LogP contribution in [0.2, 0.25) is 0 Å². The van der Waals surface area contributed by atoms with Gasteiger partial charge >= 0.3 is 0 Å². The van der Waals surface area contributed by atoms with Gasteiger partial charge in [0, 0.05) is 23.5 Å². The number of guanidine groups is 1. The van der Waals surface area contributed by atoms with E-state index in [1.807, 2.05) is 18.2 Å². The topological polar surface area (TPSA) is 87.9 Å². The van der Waals surface area contributed by atoms with Crippen molar-refractivity contribution in [3.8, 4) is 22.8 Å². The summed E-state index contributed by atoms with van der Waals surface area (Å²) in [5.41, 5.74) is 3.21. The summed E-state index contributed by atoms with van der Waals surface area (Å²) in [5.74, 6) is 0.692. The van der Waals surface area contributed by atoms with Crippen LogP contribution in [0.4, 0.5) is 0 Å². The first-order valence-electron chi connectivity index (χ1n) is 7.69. The minimum atomic E-state index is -0.206. The third-order valence-electron chi connectivity index (χ3n) is 3.98. The summed E-state index contributed by atoms with van der Waals surface area (Å²) in [6.07, 6.45) is 3.19. The number of pyridine rings is 1. The first-order valence-corrected chi connectivity index (χ1v) is 7.69. The van der Waals surface area contributed by atoms with E-state index in [1.54, 1.807) is 26.3 Å². The van der Waals surface area contributed by atoms with Crippen LogP contribution in [0.5, 0.6) is 11.6 Å². The number of hydrogen-bond acceptors (Lipinski definition) is 5. The number of aromatic nitrogens is 1. The minimum Gasteiger partial charge on any atom is -0.491 e. The Kier molecular flexibility index (Phi) is 4.47. The van der Waals surface area contributed by atoms with E-state index in [4.69, 9.17) is 14.9 Å². The van der Waals surface area contributed by atoms with Crippen LogP contribution < -0.4 is 9.47 Å². The van der Waals surface area contributed by atoms with Crippen molar-refractivity contribution in [2.45, 2.75) is 13.5 Å². The lowest BCUT2D eigenvalue weighted by atomic mass is 10.0. The number of carbonyl (C=O) groups excluding carboxylic acids is 1. The van der Waals surface area contributed by atoms with Crippen LogP contribution in [-0.4, -0.2) is 42.2 Å². The molecule has 0 atom stereocenters. The highest BCUT2D eigenvalue weighted by atomic mass is 16.5. The van der Waals surface area contributed by atoms with E-state index in [0.29, 0.717) is 23.7 Å². The lowest BCUT2D eigenvalue weighted by Crippen LogP contribution is -2.29.